The maximum absolute atomic E-state index is 5.87. The van der Waals surface area contributed by atoms with Gasteiger partial charge in [-0.15, -0.1) is 0 Å². The van der Waals surface area contributed by atoms with Gasteiger partial charge in [0.15, 0.2) is 0 Å². The van der Waals surface area contributed by atoms with Crippen LogP contribution in [0.15, 0.2) is 18.2 Å². The molecule has 0 radical (unpaired) electrons. The van der Waals surface area contributed by atoms with Crippen LogP contribution in [0.5, 0.6) is 11.5 Å². The average Bonchev–Trinajstić information content (AvgIpc) is 2.48. The van der Waals surface area contributed by atoms with E-state index in [1.165, 1.54) is 25.7 Å². The molecular weight excluding hydrogens is 252 g/mol. The third-order valence-corrected chi connectivity index (χ3v) is 4.40. The number of nitrogens with one attached hydrogen (secondary N) is 1. The van der Waals surface area contributed by atoms with Gasteiger partial charge in [0.2, 0.25) is 0 Å². The van der Waals surface area contributed by atoms with Crippen LogP contribution < -0.4 is 20.7 Å². The minimum absolute atomic E-state index is 0.0730. The Balaban J connectivity index is 2.35. The third kappa shape index (κ3) is 3.07. The molecule has 20 heavy (non-hydrogen) atoms. The highest BCUT2D eigenvalue weighted by Crippen LogP contribution is 2.43. The topological polar surface area (TPSA) is 56.5 Å². The number of rotatable bonds is 5. The van der Waals surface area contributed by atoms with Crippen molar-refractivity contribution in [1.82, 2.24) is 5.43 Å². The Hall–Kier alpha value is -1.26. The van der Waals surface area contributed by atoms with Crippen LogP contribution in [0, 0.1) is 11.8 Å². The molecule has 3 N–H and O–H groups in total. The van der Waals surface area contributed by atoms with Gasteiger partial charge in [0, 0.05) is 0 Å². The van der Waals surface area contributed by atoms with Gasteiger partial charge in [-0.1, -0.05) is 25.8 Å². The highest BCUT2D eigenvalue weighted by molar-refractivity contribution is 5.47. The van der Waals surface area contributed by atoms with Crippen LogP contribution in [0.4, 0.5) is 0 Å². The van der Waals surface area contributed by atoms with Crippen LogP contribution in [0.2, 0.25) is 0 Å². The molecular formula is C16H26N2O2. The van der Waals surface area contributed by atoms with Crippen molar-refractivity contribution in [3.05, 3.63) is 23.8 Å². The van der Waals surface area contributed by atoms with Crippen molar-refractivity contribution < 1.29 is 9.47 Å². The van der Waals surface area contributed by atoms with Crippen molar-refractivity contribution in [3.8, 4) is 11.5 Å². The Kier molecular flexibility index (Phi) is 5.26. The lowest BCUT2D eigenvalue weighted by Gasteiger charge is -2.34. The minimum Gasteiger partial charge on any atom is -0.496 e. The smallest absolute Gasteiger partial charge is 0.127 e. The SMILES string of the molecule is COc1cccc(OC)c1C(NN)C1CCCC(C)C1. The number of ether oxygens (including phenoxy) is 2. The second-order valence-electron chi connectivity index (χ2n) is 5.75. The molecule has 0 amide bonds. The summed E-state index contributed by atoms with van der Waals surface area (Å²) in [5.74, 6) is 8.82. The van der Waals surface area contributed by atoms with E-state index in [9.17, 15) is 0 Å². The van der Waals surface area contributed by atoms with Gasteiger partial charge in [0.05, 0.1) is 25.8 Å². The molecule has 1 aliphatic rings. The second kappa shape index (κ2) is 6.95. The zero-order chi connectivity index (χ0) is 14.5. The predicted octanol–water partition coefficient (Wildman–Crippen LogP) is 3.03. The largest absolute Gasteiger partial charge is 0.496 e. The first kappa shape index (κ1) is 15.1. The van der Waals surface area contributed by atoms with E-state index in [-0.39, 0.29) is 6.04 Å². The summed E-state index contributed by atoms with van der Waals surface area (Å²) in [6.45, 7) is 2.32. The quantitative estimate of drug-likeness (QED) is 0.642. The number of benzene rings is 1. The van der Waals surface area contributed by atoms with Crippen LogP contribution in [0.25, 0.3) is 0 Å². The molecule has 1 saturated carbocycles. The van der Waals surface area contributed by atoms with Crippen LogP contribution in [0.3, 0.4) is 0 Å². The summed E-state index contributed by atoms with van der Waals surface area (Å²) in [7, 11) is 3.38. The molecule has 0 aliphatic heterocycles. The van der Waals surface area contributed by atoms with Gasteiger partial charge in [0.25, 0.3) is 0 Å². The fraction of sp³-hybridized carbons (Fsp3) is 0.625. The first-order chi connectivity index (χ1) is 9.71. The molecule has 0 saturated heterocycles. The summed E-state index contributed by atoms with van der Waals surface area (Å²) >= 11 is 0. The molecule has 2 rings (SSSR count). The highest BCUT2D eigenvalue weighted by Gasteiger charge is 2.31. The van der Waals surface area contributed by atoms with Crippen LogP contribution in [-0.2, 0) is 0 Å². The van der Waals surface area contributed by atoms with Gasteiger partial charge in [-0.25, -0.2) is 0 Å². The first-order valence-corrected chi connectivity index (χ1v) is 7.38. The number of nitrogens with two attached hydrogens (primary N) is 1. The van der Waals surface area contributed by atoms with E-state index in [4.69, 9.17) is 15.3 Å². The van der Waals surface area contributed by atoms with Gasteiger partial charge in [0.1, 0.15) is 11.5 Å². The summed E-state index contributed by atoms with van der Waals surface area (Å²) in [6, 6.07) is 5.95. The molecule has 0 bridgehead atoms. The summed E-state index contributed by atoms with van der Waals surface area (Å²) in [4.78, 5) is 0. The Bertz CT molecular complexity index is 414. The minimum atomic E-state index is 0.0730. The first-order valence-electron chi connectivity index (χ1n) is 7.38. The van der Waals surface area contributed by atoms with Crippen LogP contribution >= 0.6 is 0 Å². The fourth-order valence-electron chi connectivity index (χ4n) is 3.43. The summed E-state index contributed by atoms with van der Waals surface area (Å²) in [5.41, 5.74) is 4.04. The van der Waals surface area contributed by atoms with E-state index in [2.05, 4.69) is 12.3 Å². The number of hydrazine groups is 1. The normalized spacial score (nSPS) is 24.2. The van der Waals surface area contributed by atoms with E-state index in [1.54, 1.807) is 14.2 Å². The number of methoxy groups -OCH3 is 2. The summed E-state index contributed by atoms with van der Waals surface area (Å²) in [6.07, 6.45) is 4.97. The third-order valence-electron chi connectivity index (χ3n) is 4.40. The van der Waals surface area contributed by atoms with Crippen molar-refractivity contribution in [2.45, 2.75) is 38.6 Å². The maximum atomic E-state index is 5.87. The average molecular weight is 278 g/mol. The molecule has 3 atom stereocenters. The summed E-state index contributed by atoms with van der Waals surface area (Å²) < 4.78 is 11.0. The molecule has 0 spiro atoms. The Morgan fingerprint density at radius 3 is 2.35 bits per heavy atom. The van der Waals surface area contributed by atoms with E-state index in [0.717, 1.165) is 23.0 Å². The second-order valence-corrected chi connectivity index (χ2v) is 5.75. The molecule has 0 heterocycles. The standard InChI is InChI=1S/C16H26N2O2/c1-11-6-4-7-12(10-11)16(18-17)15-13(19-2)8-5-9-14(15)20-3/h5,8-9,11-12,16,18H,4,6-7,10,17H2,1-3H3. The Morgan fingerprint density at radius 1 is 1.20 bits per heavy atom. The lowest BCUT2D eigenvalue weighted by atomic mass is 9.76. The number of hydrogen-bond donors (Lipinski definition) is 2. The molecule has 4 heteroatoms. The zero-order valence-electron chi connectivity index (χ0n) is 12.7. The van der Waals surface area contributed by atoms with Gasteiger partial charge in [-0.2, -0.15) is 0 Å². The van der Waals surface area contributed by atoms with Crippen molar-refractivity contribution in [3.63, 3.8) is 0 Å². The monoisotopic (exact) mass is 278 g/mol. The Labute approximate surface area is 121 Å². The van der Waals surface area contributed by atoms with E-state index in [0.29, 0.717) is 5.92 Å². The van der Waals surface area contributed by atoms with E-state index in [1.807, 2.05) is 18.2 Å². The molecule has 0 aromatic heterocycles. The van der Waals surface area contributed by atoms with Gasteiger partial charge in [-0.3, -0.25) is 11.3 Å². The van der Waals surface area contributed by atoms with Crippen molar-refractivity contribution in [1.29, 1.82) is 0 Å². The predicted molar refractivity (Wildman–Crippen MR) is 80.7 cm³/mol. The lowest BCUT2D eigenvalue weighted by Crippen LogP contribution is -2.36. The van der Waals surface area contributed by atoms with Gasteiger partial charge in [-0.05, 0) is 36.8 Å². The van der Waals surface area contributed by atoms with Crippen LogP contribution in [0.1, 0.15) is 44.2 Å². The van der Waals surface area contributed by atoms with E-state index < -0.39 is 0 Å². The van der Waals surface area contributed by atoms with E-state index >= 15 is 0 Å². The zero-order valence-corrected chi connectivity index (χ0v) is 12.7. The van der Waals surface area contributed by atoms with Crippen LogP contribution in [-0.4, -0.2) is 14.2 Å². The number of hydrogen-bond acceptors (Lipinski definition) is 4. The molecule has 1 aromatic carbocycles. The maximum Gasteiger partial charge on any atom is 0.127 e. The highest BCUT2D eigenvalue weighted by atomic mass is 16.5. The molecule has 1 aromatic rings. The molecule has 1 aliphatic carbocycles. The van der Waals surface area contributed by atoms with Crippen molar-refractivity contribution in [2.75, 3.05) is 14.2 Å². The molecule has 3 unspecified atom stereocenters. The Morgan fingerprint density at radius 2 is 1.85 bits per heavy atom. The summed E-state index contributed by atoms with van der Waals surface area (Å²) in [5, 5.41) is 0. The lowest BCUT2D eigenvalue weighted by molar-refractivity contribution is 0.218. The van der Waals surface area contributed by atoms with Crippen molar-refractivity contribution in [2.24, 2.45) is 17.7 Å². The fourth-order valence-corrected chi connectivity index (χ4v) is 3.43. The molecule has 4 nitrogen and oxygen atoms in total. The molecule has 1 fully saturated rings. The molecule has 112 valence electrons. The van der Waals surface area contributed by atoms with Gasteiger partial charge < -0.3 is 9.47 Å². The van der Waals surface area contributed by atoms with Crippen molar-refractivity contribution >= 4 is 0 Å². The van der Waals surface area contributed by atoms with Gasteiger partial charge >= 0.3 is 0 Å².